The number of hydrogen-bond acceptors (Lipinski definition) is 13. The van der Waals surface area contributed by atoms with Gasteiger partial charge >= 0.3 is 74.0 Å². The number of carbonyl (C=O) groups excluding carboxylic acids is 3. The van der Waals surface area contributed by atoms with Crippen LogP contribution in [0, 0.1) is 17.8 Å². The Bertz CT molecular complexity index is 4550. The fourth-order valence-corrected chi connectivity index (χ4v) is 14.0. The molecule has 1 aliphatic heterocycles. The molecule has 1 aliphatic rings. The van der Waals surface area contributed by atoms with Crippen molar-refractivity contribution >= 4 is 134 Å². The molecule has 1 fully saturated rings. The minimum absolute atomic E-state index is 0. The Labute approximate surface area is 798 Å². The van der Waals surface area contributed by atoms with Crippen molar-refractivity contribution in [2.75, 3.05) is 0 Å². The summed E-state index contributed by atoms with van der Waals surface area (Å²) in [6, 6.07) is 109. The van der Waals surface area contributed by atoms with Gasteiger partial charge in [-0.3, -0.25) is 0 Å². The summed E-state index contributed by atoms with van der Waals surface area (Å²) in [7, 11) is 0. The molecule has 3 amide bonds. The molecular formula is C100H114I6N5O10S-. The van der Waals surface area contributed by atoms with Crippen LogP contribution in [-0.2, 0) is 94.9 Å². The third kappa shape index (κ3) is 42.7. The molecule has 0 unspecified atom stereocenters. The van der Waals surface area contributed by atoms with E-state index in [-0.39, 0.29) is 91.1 Å². The molecule has 22 heteroatoms. The van der Waals surface area contributed by atoms with Crippen molar-refractivity contribution in [2.24, 2.45) is 29.2 Å². The number of hydrogen-bond donors (Lipinski definition) is 7. The Morgan fingerprint density at radius 3 is 1.02 bits per heavy atom. The van der Waals surface area contributed by atoms with E-state index in [0.29, 0.717) is 38.4 Å². The van der Waals surface area contributed by atoms with Crippen molar-refractivity contribution in [1.82, 2.24) is 16.0 Å². The Morgan fingerprint density at radius 1 is 0.385 bits per heavy atom. The normalized spacial score (nSPS) is 14.8. The summed E-state index contributed by atoms with van der Waals surface area (Å²) < 4.78 is 28.2. The smallest absolute Gasteiger partial charge is 0.00799 e. The van der Waals surface area contributed by atoms with E-state index < -0.39 is 42.6 Å². The molecule has 0 radical (unpaired) electrons. The first-order valence-electron chi connectivity index (χ1n) is 40.6. The first-order valence-corrected chi connectivity index (χ1v) is 59.9. The van der Waals surface area contributed by atoms with Crippen LogP contribution < -0.4 is 40.7 Å². The van der Waals surface area contributed by atoms with E-state index in [2.05, 4.69) is 213 Å². The third-order valence-corrected chi connectivity index (χ3v) is 20.2. The van der Waals surface area contributed by atoms with Crippen molar-refractivity contribution < 1.29 is 61.5 Å². The summed E-state index contributed by atoms with van der Waals surface area (Å²) in [5.74, 6) is 0.286. The second-order valence-electron chi connectivity index (χ2n) is 29.8. The van der Waals surface area contributed by atoms with Gasteiger partial charge in [0.15, 0.2) is 6.10 Å². The van der Waals surface area contributed by atoms with Gasteiger partial charge in [-0.1, -0.05) is 367 Å². The van der Waals surface area contributed by atoms with E-state index in [0.717, 1.165) is 78.3 Å². The van der Waals surface area contributed by atoms with Gasteiger partial charge < -0.3 is 61.3 Å². The number of halogens is 6. The number of benzene rings is 11. The molecule has 9 N–H and O–H groups in total. The maximum Gasteiger partial charge on any atom is 0.00799 e. The summed E-state index contributed by atoms with van der Waals surface area (Å²) in [6.45, 7) is 6.80. The maximum atomic E-state index is 12.8. The van der Waals surface area contributed by atoms with Crippen LogP contribution in [0.2, 0.25) is 0 Å². The molecule has 0 aliphatic carbocycles. The van der Waals surface area contributed by atoms with Crippen molar-refractivity contribution in [3.05, 3.63) is 407 Å². The minimum Gasteiger partial charge on any atom is -0.327 e. The van der Waals surface area contributed by atoms with Crippen LogP contribution >= 0.6 is 111 Å². The first-order chi connectivity index (χ1) is 58.9. The van der Waals surface area contributed by atoms with Crippen LogP contribution in [0.5, 0.6) is 0 Å². The molecule has 648 valence electrons. The second kappa shape index (κ2) is 62.1. The second-order valence-corrected chi connectivity index (χ2v) is 46.4. The summed E-state index contributed by atoms with van der Waals surface area (Å²) in [6.07, 6.45) is 7.69. The molecule has 122 heavy (non-hydrogen) atoms. The standard InChI is InChI=1S/C28H29NO4S.C27H31NO4.C27H29NO2.C18H24N2.I3.I2.HI/c1-20(17-21-11-5-2-6-12-21)25-26(33-28(34)32-25)24(18-22-13-7-3-8-14-22)29-27(30)31-19-23-15-9-4-10-16-23;1-20(17-21-11-5-2-6-12-21)25(29)26(30)24(18-22-13-7-3-8-14-22)28-27(31)32-19-23-15-9-4-10-16-23;1-22(19-23-11-5-2-6-12-23)17-18-26(20-24-13-7-3-8-14-24)28-27(29)30-21-25-15-9-4-10-16-25;19-17(13-15-7-3-1-4-8-15)11-12-18(20)14-16-9-5-2-6-10-16;1-3-2;1-2;/h2-16,20,24-26H,17-19H2,1H3,(H,29,30);2-16,20,24-26,29-30H,17-19H2,1H3,(H,28,31);2-18,22,26H,19-21H2,1H3,(H,28,29);1-10,17-18H,11-14,19-20H2;;;1H/q;;;;-1;;/b;;18-17+;;;;/t2*20-,24-,25+,26+;22-,26-;17-,18-;;;/m1100.../s1. The van der Waals surface area contributed by atoms with Crippen molar-refractivity contribution in [2.45, 2.75) is 159 Å². The zero-order valence-corrected chi connectivity index (χ0v) is 83.0. The number of nitrogens with two attached hydrogens (primary N) is 2. The molecule has 12 rings (SSSR count). The summed E-state index contributed by atoms with van der Waals surface area (Å²) in [4.78, 5) is 37.6. The minimum atomic E-state index is -1.15. The maximum absolute atomic E-state index is 12.8. The fourth-order valence-electron chi connectivity index (χ4n) is 13.8. The molecule has 0 bridgehead atoms. The van der Waals surface area contributed by atoms with Crippen molar-refractivity contribution in [3.8, 4) is 0 Å². The Morgan fingerprint density at radius 2 is 0.664 bits per heavy atom. The number of aliphatic hydroxyl groups is 2. The van der Waals surface area contributed by atoms with Crippen molar-refractivity contribution in [3.63, 3.8) is 0 Å². The zero-order valence-electron chi connectivity index (χ0n) is 69.1. The van der Waals surface area contributed by atoms with Gasteiger partial charge in [0.1, 0.15) is 32.0 Å². The number of nitrogens with one attached hydrogen (secondary N) is 3. The number of allylic oxidation sites excluding steroid dienone is 1. The summed E-state index contributed by atoms with van der Waals surface area (Å²) in [5, 5.41) is 30.8. The van der Waals surface area contributed by atoms with E-state index in [1.165, 1.54) is 27.8 Å². The van der Waals surface area contributed by atoms with Gasteiger partial charge in [-0.2, -0.15) is 0 Å². The van der Waals surface area contributed by atoms with E-state index in [1.807, 2.05) is 244 Å². The van der Waals surface area contributed by atoms with E-state index in [1.54, 1.807) is 0 Å². The van der Waals surface area contributed by atoms with Gasteiger partial charge in [-0.25, -0.2) is 14.4 Å². The Hall–Kier alpha value is -7.12. The predicted molar refractivity (Wildman–Crippen MR) is 539 cm³/mol. The van der Waals surface area contributed by atoms with E-state index in [9.17, 15) is 24.6 Å². The average molecular weight is 2340 g/mol. The molecule has 1 heterocycles. The van der Waals surface area contributed by atoms with Crippen LogP contribution in [0.25, 0.3) is 0 Å². The molecule has 12 atom stereocenters. The summed E-state index contributed by atoms with van der Waals surface area (Å²) >= 11 is 14.8. The van der Waals surface area contributed by atoms with Crippen LogP contribution in [0.4, 0.5) is 14.4 Å². The monoisotopic (exact) mass is 2340 g/mol. The van der Waals surface area contributed by atoms with Crippen LogP contribution in [0.15, 0.2) is 346 Å². The van der Waals surface area contributed by atoms with Crippen LogP contribution in [0.3, 0.4) is 0 Å². The number of thiocarbonyl (C=S) groups is 1. The average Bonchev–Trinajstić information content (AvgIpc) is 1.67. The summed E-state index contributed by atoms with van der Waals surface area (Å²) in [5.41, 5.74) is 24.6. The molecule has 11 aromatic carbocycles. The van der Waals surface area contributed by atoms with E-state index >= 15 is 0 Å². The third-order valence-electron chi connectivity index (χ3n) is 20.0. The Balaban J connectivity index is 0.000000250. The van der Waals surface area contributed by atoms with Gasteiger partial charge in [0.05, 0.1) is 24.2 Å². The SMILES string of the molecule is C[C@@H](/C=C/[C@@H](Cc1ccccc1)NC(=O)OCc1ccccc1)Cc1ccccc1.C[C@H](Cc1ccccc1)[C@@H]1OC(=S)O[C@H]1[C@@H](Cc1ccccc1)NC(=O)OCc1ccccc1.C[C@H](Cc1ccccc1)[C@H](O)[C@@H](O)[C@@H](Cc1ccccc1)NC(=O)OCc1ccccc1.I.II.I[I-]I.N[C@@H](CC[C@H](N)Cc1ccccc1)Cc1ccccc1. The molecule has 0 spiro atoms. The molecule has 0 saturated carbocycles. The molecule has 1 saturated heterocycles. The quantitative estimate of drug-likeness (QED) is 0.00850. The Kier molecular flexibility index (Phi) is 52.8. The van der Waals surface area contributed by atoms with Gasteiger partial charge in [-0.05, 0) is 137 Å². The van der Waals surface area contributed by atoms with Crippen LogP contribution in [0.1, 0.15) is 94.8 Å². The zero-order chi connectivity index (χ0) is 86.4. The molecule has 11 aromatic rings. The number of amides is 3. The van der Waals surface area contributed by atoms with Gasteiger partial charge in [0.25, 0.3) is 0 Å². The number of alkyl carbamates (subject to hydrolysis) is 3. The van der Waals surface area contributed by atoms with Gasteiger partial charge in [-0.15, -0.1) is 24.0 Å². The molecular weight excluding hydrogens is 2220 g/mol. The topological polar surface area (TPSA) is 226 Å². The number of aliphatic hydroxyl groups excluding tert-OH is 2. The molecule has 15 nitrogen and oxygen atoms in total. The molecule has 0 aromatic heterocycles. The predicted octanol–water partition coefficient (Wildman–Crippen LogP) is 19.6. The number of ether oxygens (including phenoxy) is 5. The van der Waals surface area contributed by atoms with Gasteiger partial charge in [0.2, 0.25) is 0 Å². The number of carbonyl (C=O) groups is 3. The van der Waals surface area contributed by atoms with E-state index in [4.69, 9.17) is 47.4 Å². The van der Waals surface area contributed by atoms with Crippen molar-refractivity contribution in [1.29, 1.82) is 0 Å². The van der Waals surface area contributed by atoms with Gasteiger partial charge in [0, 0.05) is 67.5 Å². The largest absolute Gasteiger partial charge is 0.327 e. The van der Waals surface area contributed by atoms with Crippen LogP contribution in [-0.4, -0.2) is 88.4 Å². The number of rotatable bonds is 35. The fraction of sp³-hybridized carbons (Fsp3) is 0.280. The first kappa shape index (κ1) is 104.